The van der Waals surface area contributed by atoms with Crippen LogP contribution in [-0.4, -0.2) is 80.3 Å². The number of rotatable bonds is 7. The number of imidazole rings is 2. The zero-order chi connectivity index (χ0) is 78.8. The lowest BCUT2D eigenvalue weighted by atomic mass is 9.87. The first-order valence-corrected chi connectivity index (χ1v) is 41.9. The van der Waals surface area contributed by atoms with E-state index >= 15 is 0 Å². The van der Waals surface area contributed by atoms with E-state index in [2.05, 4.69) is 286 Å². The summed E-state index contributed by atoms with van der Waals surface area (Å²) in [5, 5.41) is 10.2. The predicted molar refractivity (Wildman–Crippen MR) is 469 cm³/mol. The third-order valence-corrected chi connectivity index (χ3v) is 24.0. The molecule has 0 fully saturated rings. The van der Waals surface area contributed by atoms with Crippen LogP contribution >= 0.6 is 56.7 Å². The number of aromatic nitrogens is 14. The number of hydrogen-bond donors (Lipinski definition) is 0. The minimum Gasteiger partial charge on any atom is -0.307 e. The largest absolute Gasteiger partial charge is 0.307 e. The van der Waals surface area contributed by atoms with Crippen molar-refractivity contribution in [2.45, 2.75) is 193 Å². The second-order valence-corrected chi connectivity index (χ2v) is 36.3. The predicted octanol–water partition coefficient (Wildman–Crippen LogP) is 25.7. The smallest absolute Gasteiger partial charge is 0.170 e. The van der Waals surface area contributed by atoms with Crippen molar-refractivity contribution >= 4 is 142 Å². The Morgan fingerprint density at radius 1 is 0.336 bits per heavy atom. The molecule has 0 spiro atoms. The van der Waals surface area contributed by atoms with Crippen LogP contribution in [0.3, 0.4) is 0 Å². The van der Waals surface area contributed by atoms with Gasteiger partial charge in [0, 0.05) is 114 Å². The summed E-state index contributed by atoms with van der Waals surface area (Å²) >= 11 is 8.81. The second kappa shape index (κ2) is 38.3. The summed E-state index contributed by atoms with van der Waals surface area (Å²) in [5.74, 6) is 3.59. The topological polar surface area (TPSA) is 188 Å². The number of hydrogen-bond acceptors (Lipinski definition) is 19. The van der Waals surface area contributed by atoms with Gasteiger partial charge in [0.2, 0.25) is 0 Å². The first-order valence-electron chi connectivity index (χ1n) is 37.8. The van der Waals surface area contributed by atoms with E-state index in [0.29, 0.717) is 41.4 Å². The van der Waals surface area contributed by atoms with E-state index in [1.165, 1.54) is 71.1 Å². The average molecular weight is 1560 g/mol. The minimum absolute atomic E-state index is 0.180. The Hall–Kier alpha value is -9.64. The molecule has 0 amide bonds. The van der Waals surface area contributed by atoms with Crippen molar-refractivity contribution in [3.05, 3.63) is 249 Å². The molecule has 0 atom stereocenters. The van der Waals surface area contributed by atoms with Crippen LogP contribution < -0.4 is 0 Å². The summed E-state index contributed by atoms with van der Waals surface area (Å²) in [6, 6.07) is 44.9. The number of thiazole rings is 5. The van der Waals surface area contributed by atoms with Crippen molar-refractivity contribution in [2.75, 3.05) is 0 Å². The van der Waals surface area contributed by atoms with Crippen molar-refractivity contribution in [3.63, 3.8) is 0 Å². The molecule has 16 aromatic rings. The first-order chi connectivity index (χ1) is 52.5. The number of nitrogens with zero attached hydrogens (tertiary/aromatic N) is 16. The van der Waals surface area contributed by atoms with Crippen LogP contribution in [0.4, 0.5) is 11.4 Å². The van der Waals surface area contributed by atoms with Crippen LogP contribution in [-0.2, 0) is 12.8 Å². The number of aliphatic imine (C=N–C) groups is 2. The molecule has 3 aromatic carbocycles. The molecule has 16 nitrogen and oxygen atoms in total. The normalized spacial score (nSPS) is 12.2. The number of pyridine rings is 5. The third kappa shape index (κ3) is 23.0. The summed E-state index contributed by atoms with van der Waals surface area (Å²) in [4.78, 5) is 56.9. The van der Waals surface area contributed by atoms with Gasteiger partial charge in [0.1, 0.15) is 5.65 Å². The summed E-state index contributed by atoms with van der Waals surface area (Å²) in [7, 11) is 0. The highest BCUT2D eigenvalue weighted by atomic mass is 32.1. The van der Waals surface area contributed by atoms with Gasteiger partial charge < -0.3 is 4.40 Å². The molecular weight excluding hydrogens is 1450 g/mol. The van der Waals surface area contributed by atoms with Gasteiger partial charge in [0.05, 0.1) is 112 Å². The first kappa shape index (κ1) is 82.8. The van der Waals surface area contributed by atoms with E-state index in [4.69, 9.17) is 0 Å². The molecule has 18 rings (SSSR count). The maximum Gasteiger partial charge on any atom is 0.170 e. The third-order valence-electron chi connectivity index (χ3n) is 17.3. The van der Waals surface area contributed by atoms with E-state index in [1.807, 2.05) is 110 Å². The van der Waals surface area contributed by atoms with Gasteiger partial charge >= 0.3 is 0 Å². The molecule has 21 heteroatoms. The Kier molecular flexibility index (Phi) is 28.9. The van der Waals surface area contributed by atoms with Crippen molar-refractivity contribution in [1.82, 2.24) is 68.8 Å². The number of fused-ring (bicyclic) bond motifs is 9. The van der Waals surface area contributed by atoms with E-state index in [9.17, 15) is 0 Å². The Morgan fingerprint density at radius 3 is 1.30 bits per heavy atom. The lowest BCUT2D eigenvalue weighted by Gasteiger charge is -2.17. The fourth-order valence-corrected chi connectivity index (χ4v) is 15.5. The average Bonchev–Trinajstić information content (AvgIpc) is 1.75. The van der Waals surface area contributed by atoms with E-state index < -0.39 is 0 Å². The Morgan fingerprint density at radius 2 is 0.773 bits per heavy atom. The van der Waals surface area contributed by atoms with Gasteiger partial charge in [-0.1, -0.05) is 187 Å². The number of benzene rings is 3. The summed E-state index contributed by atoms with van der Waals surface area (Å²) in [6.45, 7) is 43.5. The molecule has 2 aliphatic rings. The molecule has 0 N–H and O–H groups in total. The minimum atomic E-state index is 0.180. The van der Waals surface area contributed by atoms with Crippen molar-refractivity contribution in [1.29, 1.82) is 0 Å². The molecule has 15 heterocycles. The molecule has 0 bridgehead atoms. The molecule has 0 unspecified atom stereocenters. The standard InChI is InChI=1S/C12H15N.C11H14N2.C10H12N2.2C10H11NS.C9H11N3.3C9H10N2S/c1-12(2,3)11-8-9-6-4-5-7-10(9)13-11;1-11(2,3)10-6-8-4-5-12-7-9(8)13-10;1-8(2)9-7-12-6-4-3-5-10(12)11-9;2*1-7(2)10-11-8-5-3-4-6-9(8)12-10;1-7(2)8-6-12-9(11-8)4-3-5-10-12;1-6(2)9-11-7-5-10-4-3-8(7)12-9;1-6(2)9-11-7-3-4-10-5-8(7)12-9;1-6(2)9-11-8-7(12-9)4-3-5-10-8/h4-7H,8H2,1-3H3;4-5,7H,6H2,1-3H3;3-8H,1-2H3;3*3-7H,1-2H3;3*3-6H,1-2H3. The highest BCUT2D eigenvalue weighted by Crippen LogP contribution is 2.35. The van der Waals surface area contributed by atoms with E-state index in [-0.39, 0.29) is 10.8 Å². The summed E-state index contributed by atoms with van der Waals surface area (Å²) in [6.07, 6.45) is 22.6. The Balaban J connectivity index is 0.000000132. The van der Waals surface area contributed by atoms with Crippen molar-refractivity contribution in [2.24, 2.45) is 20.8 Å². The summed E-state index contributed by atoms with van der Waals surface area (Å²) < 4.78 is 10.0. The zero-order valence-electron chi connectivity index (χ0n) is 67.2. The van der Waals surface area contributed by atoms with Crippen molar-refractivity contribution in [3.8, 4) is 0 Å². The quantitative estimate of drug-likeness (QED) is 0.147. The van der Waals surface area contributed by atoms with Crippen LogP contribution in [0.2, 0.25) is 0 Å². The van der Waals surface area contributed by atoms with Gasteiger partial charge in [-0.05, 0) is 108 Å². The van der Waals surface area contributed by atoms with E-state index in [0.717, 1.165) is 74.6 Å². The van der Waals surface area contributed by atoms with Gasteiger partial charge in [-0.25, -0.2) is 44.4 Å². The maximum absolute atomic E-state index is 4.64. The highest BCUT2D eigenvalue weighted by Gasteiger charge is 2.26. The molecule has 0 radical (unpaired) electrons. The molecule has 0 saturated heterocycles. The Bertz CT molecular complexity index is 4580. The van der Waals surface area contributed by atoms with Gasteiger partial charge in [0.25, 0.3) is 0 Å². The molecule has 110 heavy (non-hydrogen) atoms. The van der Waals surface area contributed by atoms with Crippen LogP contribution in [0.1, 0.15) is 227 Å². The lowest BCUT2D eigenvalue weighted by molar-refractivity contribution is 0.584. The second-order valence-electron chi connectivity index (χ2n) is 31.0. The fourth-order valence-electron chi connectivity index (χ4n) is 10.8. The van der Waals surface area contributed by atoms with Gasteiger partial charge in [0.15, 0.2) is 11.3 Å². The van der Waals surface area contributed by atoms with Crippen LogP contribution in [0.15, 0.2) is 212 Å². The van der Waals surface area contributed by atoms with Crippen LogP contribution in [0, 0.1) is 10.8 Å². The molecule has 570 valence electrons. The maximum atomic E-state index is 4.64. The number of para-hydroxylation sites is 3. The van der Waals surface area contributed by atoms with Crippen LogP contribution in [0.25, 0.3) is 62.5 Å². The lowest BCUT2D eigenvalue weighted by Crippen LogP contribution is -2.19. The van der Waals surface area contributed by atoms with E-state index in [1.54, 1.807) is 79.8 Å². The Labute approximate surface area is 668 Å². The highest BCUT2D eigenvalue weighted by molar-refractivity contribution is 7.20. The molecule has 13 aromatic heterocycles. The zero-order valence-corrected chi connectivity index (χ0v) is 71.3. The molecular formula is C89H104N16S5. The molecule has 2 aliphatic heterocycles. The summed E-state index contributed by atoms with van der Waals surface area (Å²) in [5.41, 5.74) is 17.3. The van der Waals surface area contributed by atoms with Crippen molar-refractivity contribution < 1.29 is 0 Å². The van der Waals surface area contributed by atoms with Gasteiger partial charge in [-0.3, -0.25) is 24.9 Å². The molecule has 0 aliphatic carbocycles. The SMILES string of the molecule is CC(C)(C)C1=Nc2ccccc2C1.CC(C)(C)C1=Nc2cnccc2C1.CC(C)c1cn2ccccc2n1.CC(C)c1cn2ncccc2n1.CC(C)c1nc2ccccc2s1.CC(C)c1nc2ccccc2s1.CC(C)c1nc2ccncc2s1.CC(C)c1nc2cnccc2s1.CC(C)c1nc2ncccc2s1. The molecule has 0 saturated carbocycles. The van der Waals surface area contributed by atoms with Gasteiger partial charge in [-0.2, -0.15) is 5.10 Å². The van der Waals surface area contributed by atoms with Gasteiger partial charge in [-0.15, -0.1) is 56.7 Å². The fraction of sp³-hybridized carbons (Fsp3) is 0.348. The monoisotopic (exact) mass is 1560 g/mol. The van der Waals surface area contributed by atoms with Crippen LogP contribution in [0.5, 0.6) is 0 Å².